The molecule has 5 nitrogen and oxygen atoms in total. The Balaban J connectivity index is 1.45. The monoisotopic (exact) mass is 371 g/mol. The van der Waals surface area contributed by atoms with Crippen molar-refractivity contribution in [3.05, 3.63) is 58.6 Å². The van der Waals surface area contributed by atoms with Crippen molar-refractivity contribution in [1.82, 2.24) is 9.97 Å². The normalized spacial score (nSPS) is 16.0. The molecule has 1 aliphatic rings. The van der Waals surface area contributed by atoms with Gasteiger partial charge in [0, 0.05) is 16.6 Å². The lowest BCUT2D eigenvalue weighted by Gasteiger charge is -2.24. The van der Waals surface area contributed by atoms with E-state index in [1.807, 2.05) is 35.7 Å². The number of rotatable bonds is 3. The molecular weight excluding hydrogens is 358 g/mol. The van der Waals surface area contributed by atoms with Gasteiger partial charge < -0.3 is 10.1 Å². The fraction of sp³-hybridized carbons (Fsp3) is 0.167. The first-order valence-corrected chi connectivity index (χ1v) is 9.04. The van der Waals surface area contributed by atoms with Gasteiger partial charge in [-0.1, -0.05) is 17.7 Å². The number of pyridine rings is 1. The van der Waals surface area contributed by atoms with E-state index < -0.39 is 0 Å². The Kier molecular flexibility index (Phi) is 4.38. The number of anilines is 1. The van der Waals surface area contributed by atoms with Gasteiger partial charge in [0.05, 0.1) is 11.6 Å². The highest BCUT2D eigenvalue weighted by molar-refractivity contribution is 7.14. The first-order valence-electron chi connectivity index (χ1n) is 7.78. The van der Waals surface area contributed by atoms with E-state index in [4.69, 9.17) is 16.3 Å². The Labute approximate surface area is 153 Å². The molecule has 4 rings (SSSR count). The summed E-state index contributed by atoms with van der Waals surface area (Å²) in [5.41, 5.74) is 2.48. The number of benzene rings is 1. The quantitative estimate of drug-likeness (QED) is 0.754. The van der Waals surface area contributed by atoms with Crippen LogP contribution in [-0.4, -0.2) is 22.5 Å². The number of fused-ring (bicyclic) bond motifs is 1. The molecule has 1 atom stereocenters. The van der Waals surface area contributed by atoms with Gasteiger partial charge in [-0.3, -0.25) is 9.78 Å². The molecule has 0 saturated carbocycles. The molecule has 2 aromatic heterocycles. The Morgan fingerprint density at radius 1 is 1.28 bits per heavy atom. The van der Waals surface area contributed by atoms with Gasteiger partial charge in [-0.2, -0.15) is 0 Å². The number of ether oxygens (including phenoxy) is 1. The van der Waals surface area contributed by atoms with Crippen LogP contribution in [0.5, 0.6) is 5.75 Å². The maximum atomic E-state index is 12.5. The van der Waals surface area contributed by atoms with Crippen molar-refractivity contribution in [2.45, 2.75) is 6.42 Å². The molecule has 1 unspecified atom stereocenters. The Hall–Kier alpha value is -2.44. The number of hydrogen-bond donors (Lipinski definition) is 1. The van der Waals surface area contributed by atoms with Gasteiger partial charge in [0.25, 0.3) is 0 Å². The number of nitrogens with zero attached hydrogens (tertiary/aromatic N) is 2. The maximum Gasteiger partial charge on any atom is 0.233 e. The summed E-state index contributed by atoms with van der Waals surface area (Å²) in [4.78, 5) is 21.2. The van der Waals surface area contributed by atoms with Crippen molar-refractivity contribution >= 4 is 34.0 Å². The largest absolute Gasteiger partial charge is 0.492 e. The molecule has 25 heavy (non-hydrogen) atoms. The van der Waals surface area contributed by atoms with Crippen molar-refractivity contribution in [3.63, 3.8) is 0 Å². The van der Waals surface area contributed by atoms with Crippen LogP contribution in [0.4, 0.5) is 5.13 Å². The van der Waals surface area contributed by atoms with E-state index in [9.17, 15) is 4.79 Å². The van der Waals surface area contributed by atoms with E-state index in [-0.39, 0.29) is 11.8 Å². The van der Waals surface area contributed by atoms with Gasteiger partial charge in [-0.15, -0.1) is 11.3 Å². The zero-order chi connectivity index (χ0) is 17.2. The third-order valence-electron chi connectivity index (χ3n) is 3.96. The summed E-state index contributed by atoms with van der Waals surface area (Å²) in [6.45, 7) is 0.346. The van der Waals surface area contributed by atoms with Crippen LogP contribution in [0.2, 0.25) is 5.02 Å². The van der Waals surface area contributed by atoms with Crippen molar-refractivity contribution in [2.24, 2.45) is 5.92 Å². The number of carbonyl (C=O) groups is 1. The molecule has 0 radical (unpaired) electrons. The lowest BCUT2D eigenvalue weighted by Crippen LogP contribution is -2.32. The second-order valence-corrected chi connectivity index (χ2v) is 7.00. The average Bonchev–Trinajstić information content (AvgIpc) is 3.10. The maximum absolute atomic E-state index is 12.5. The van der Waals surface area contributed by atoms with Crippen molar-refractivity contribution in [3.8, 4) is 17.1 Å². The summed E-state index contributed by atoms with van der Waals surface area (Å²) in [5.74, 6) is 0.417. The molecule has 0 saturated heterocycles. The van der Waals surface area contributed by atoms with E-state index in [0.717, 1.165) is 22.7 Å². The molecule has 1 aliphatic heterocycles. The lowest BCUT2D eigenvalue weighted by atomic mass is 9.96. The van der Waals surface area contributed by atoms with Gasteiger partial charge in [0.15, 0.2) is 5.13 Å². The summed E-state index contributed by atoms with van der Waals surface area (Å²) in [6.07, 6.45) is 2.31. The van der Waals surface area contributed by atoms with Crippen LogP contribution in [0.1, 0.15) is 5.56 Å². The smallest absolute Gasteiger partial charge is 0.233 e. The minimum Gasteiger partial charge on any atom is -0.492 e. The lowest BCUT2D eigenvalue weighted by molar-refractivity contribution is -0.121. The van der Waals surface area contributed by atoms with Gasteiger partial charge in [0.1, 0.15) is 18.1 Å². The summed E-state index contributed by atoms with van der Waals surface area (Å²) in [5, 5.41) is 5.95. The first-order chi connectivity index (χ1) is 12.2. The molecule has 0 spiro atoms. The SMILES string of the molecule is O=C(Nc1nc(-c2ccccn2)cs1)C1COc2ccc(Cl)cc2C1. The van der Waals surface area contributed by atoms with Crippen molar-refractivity contribution in [2.75, 3.05) is 11.9 Å². The number of amides is 1. The number of thiazole rings is 1. The molecule has 3 aromatic rings. The fourth-order valence-corrected chi connectivity index (χ4v) is 3.60. The molecule has 1 N–H and O–H groups in total. The van der Waals surface area contributed by atoms with Crippen molar-refractivity contribution < 1.29 is 9.53 Å². The predicted octanol–water partition coefficient (Wildman–Crippen LogP) is 4.05. The number of halogens is 1. The van der Waals surface area contributed by atoms with E-state index in [0.29, 0.717) is 23.2 Å². The molecular formula is C18H14ClN3O2S. The fourth-order valence-electron chi connectivity index (χ4n) is 2.70. The Morgan fingerprint density at radius 2 is 2.20 bits per heavy atom. The van der Waals surface area contributed by atoms with E-state index in [1.165, 1.54) is 11.3 Å². The molecule has 1 amide bonds. The molecule has 0 aliphatic carbocycles. The third kappa shape index (κ3) is 3.50. The van der Waals surface area contributed by atoms with Crippen molar-refractivity contribution in [1.29, 1.82) is 0 Å². The molecule has 0 fully saturated rings. The third-order valence-corrected chi connectivity index (χ3v) is 4.95. The summed E-state index contributed by atoms with van der Waals surface area (Å²) < 4.78 is 5.68. The highest BCUT2D eigenvalue weighted by atomic mass is 35.5. The van der Waals surface area contributed by atoms with Crippen LogP contribution in [0.25, 0.3) is 11.4 Å². The number of aromatic nitrogens is 2. The standard InChI is InChI=1S/C18H14ClN3O2S/c19-13-4-5-16-11(8-13)7-12(9-24-16)17(23)22-18-21-15(10-25-18)14-3-1-2-6-20-14/h1-6,8,10,12H,7,9H2,(H,21,22,23). The Bertz CT molecular complexity index is 914. The second kappa shape index (κ2) is 6.82. The highest BCUT2D eigenvalue weighted by Crippen LogP contribution is 2.31. The predicted molar refractivity (Wildman–Crippen MR) is 98.1 cm³/mol. The van der Waals surface area contributed by atoms with Crippen LogP contribution in [0.15, 0.2) is 48.0 Å². The van der Waals surface area contributed by atoms with Crippen LogP contribution >= 0.6 is 22.9 Å². The highest BCUT2D eigenvalue weighted by Gasteiger charge is 2.26. The molecule has 1 aromatic carbocycles. The zero-order valence-corrected chi connectivity index (χ0v) is 14.7. The van der Waals surface area contributed by atoms with Crippen LogP contribution in [0, 0.1) is 5.92 Å². The summed E-state index contributed by atoms with van der Waals surface area (Å²) >= 11 is 7.40. The summed E-state index contributed by atoms with van der Waals surface area (Å²) in [6, 6.07) is 11.1. The van der Waals surface area contributed by atoms with E-state index >= 15 is 0 Å². The molecule has 126 valence electrons. The average molecular weight is 372 g/mol. The summed E-state index contributed by atoms with van der Waals surface area (Å²) in [7, 11) is 0. The van der Waals surface area contributed by atoms with Gasteiger partial charge in [-0.05, 0) is 42.3 Å². The minimum atomic E-state index is -0.270. The molecule has 7 heteroatoms. The van der Waals surface area contributed by atoms with Gasteiger partial charge >= 0.3 is 0 Å². The van der Waals surface area contributed by atoms with Crippen LogP contribution in [0.3, 0.4) is 0 Å². The number of nitrogens with one attached hydrogen (secondary N) is 1. The van der Waals surface area contributed by atoms with Crippen LogP contribution < -0.4 is 10.1 Å². The Morgan fingerprint density at radius 3 is 3.04 bits per heavy atom. The second-order valence-electron chi connectivity index (χ2n) is 5.71. The topological polar surface area (TPSA) is 64.1 Å². The molecule has 3 heterocycles. The van der Waals surface area contributed by atoms with E-state index in [2.05, 4.69) is 15.3 Å². The number of carbonyl (C=O) groups excluding carboxylic acids is 1. The zero-order valence-electron chi connectivity index (χ0n) is 13.1. The van der Waals surface area contributed by atoms with Gasteiger partial charge in [-0.25, -0.2) is 4.98 Å². The van der Waals surface area contributed by atoms with Gasteiger partial charge in [0.2, 0.25) is 5.91 Å². The van der Waals surface area contributed by atoms with E-state index in [1.54, 1.807) is 12.3 Å². The first kappa shape index (κ1) is 16.1. The van der Waals surface area contributed by atoms with Crippen LogP contribution in [-0.2, 0) is 11.2 Å². The molecule has 0 bridgehead atoms. The number of hydrogen-bond acceptors (Lipinski definition) is 5. The minimum absolute atomic E-state index is 0.104.